The van der Waals surface area contributed by atoms with Gasteiger partial charge in [0.05, 0.1) is 25.9 Å². The molecule has 36 heavy (non-hydrogen) atoms. The molecule has 0 saturated heterocycles. The molecule has 1 N–H and O–H groups in total. The summed E-state index contributed by atoms with van der Waals surface area (Å²) < 4.78 is 61.4. The Morgan fingerprint density at radius 1 is 0.889 bits per heavy atom. The molecular formula is C27H20F4N2O3. The lowest BCUT2D eigenvalue weighted by Gasteiger charge is -2.14. The van der Waals surface area contributed by atoms with E-state index in [0.29, 0.717) is 11.3 Å². The minimum atomic E-state index is -0.805. The van der Waals surface area contributed by atoms with Gasteiger partial charge in [0.15, 0.2) is 0 Å². The molecule has 0 radical (unpaired) electrons. The number of pyridine rings is 1. The Kier molecular flexibility index (Phi) is 7.19. The number of phenolic OH excluding ortho intramolecular Hbond substituents is 1. The first-order valence-electron chi connectivity index (χ1n) is 10.8. The van der Waals surface area contributed by atoms with Crippen LogP contribution in [0.25, 0.3) is 0 Å². The molecule has 0 aliphatic carbocycles. The molecule has 5 nitrogen and oxygen atoms in total. The summed E-state index contributed by atoms with van der Waals surface area (Å²) >= 11 is 0. The second-order valence-electron chi connectivity index (χ2n) is 7.90. The molecular weight excluding hydrogens is 476 g/mol. The summed E-state index contributed by atoms with van der Waals surface area (Å²) in [5, 5.41) is 10.6. The fourth-order valence-corrected chi connectivity index (χ4v) is 3.61. The van der Waals surface area contributed by atoms with E-state index in [0.717, 1.165) is 24.3 Å². The van der Waals surface area contributed by atoms with Crippen molar-refractivity contribution in [1.82, 2.24) is 4.57 Å². The highest BCUT2D eigenvalue weighted by atomic mass is 19.1. The van der Waals surface area contributed by atoms with E-state index in [-0.39, 0.29) is 41.2 Å². The fourth-order valence-electron chi connectivity index (χ4n) is 3.61. The van der Waals surface area contributed by atoms with Gasteiger partial charge in [0.25, 0.3) is 5.56 Å². The van der Waals surface area contributed by atoms with Gasteiger partial charge in [-0.05, 0) is 30.3 Å². The lowest BCUT2D eigenvalue weighted by Crippen LogP contribution is -2.21. The number of aromatic hydroxyl groups is 1. The molecule has 184 valence electrons. The van der Waals surface area contributed by atoms with Gasteiger partial charge < -0.3 is 14.4 Å². The second-order valence-corrected chi connectivity index (χ2v) is 7.90. The number of hydrogen-bond donors (Lipinski definition) is 1. The number of nitrogens with zero attached hydrogens (tertiary/aromatic N) is 2. The highest BCUT2D eigenvalue weighted by Crippen LogP contribution is 2.27. The quantitative estimate of drug-likeness (QED) is 0.283. The number of phenols is 1. The summed E-state index contributed by atoms with van der Waals surface area (Å²) in [6.45, 7) is -0.383. The second kappa shape index (κ2) is 10.5. The number of benzene rings is 3. The lowest BCUT2D eigenvalue weighted by atomic mass is 10.0. The zero-order chi connectivity index (χ0) is 25.8. The SMILES string of the molecule is COc1ccc(C(=NCc2ccc(F)cc2F)c2ccc(=O)n(Cc3ccc(F)cc3F)c2)c(O)c1. The third-order valence-corrected chi connectivity index (χ3v) is 5.50. The Morgan fingerprint density at radius 2 is 1.56 bits per heavy atom. The van der Waals surface area contributed by atoms with Crippen molar-refractivity contribution in [2.75, 3.05) is 7.11 Å². The summed E-state index contributed by atoms with van der Waals surface area (Å²) in [4.78, 5) is 17.0. The van der Waals surface area contributed by atoms with Crippen LogP contribution in [0.2, 0.25) is 0 Å². The lowest BCUT2D eigenvalue weighted by molar-refractivity contribution is 0.407. The zero-order valence-corrected chi connectivity index (χ0v) is 19.0. The van der Waals surface area contributed by atoms with Crippen LogP contribution in [0.3, 0.4) is 0 Å². The summed E-state index contributed by atoms with van der Waals surface area (Å²) in [5.41, 5.74) is 0.576. The Morgan fingerprint density at radius 3 is 2.17 bits per heavy atom. The third-order valence-electron chi connectivity index (χ3n) is 5.50. The van der Waals surface area contributed by atoms with Crippen LogP contribution in [0.5, 0.6) is 11.5 Å². The van der Waals surface area contributed by atoms with Gasteiger partial charge in [-0.15, -0.1) is 0 Å². The first-order chi connectivity index (χ1) is 17.2. The molecule has 0 spiro atoms. The van der Waals surface area contributed by atoms with Crippen LogP contribution in [0.4, 0.5) is 17.6 Å². The van der Waals surface area contributed by atoms with E-state index < -0.39 is 28.8 Å². The molecule has 0 aliphatic rings. The summed E-state index contributed by atoms with van der Waals surface area (Å²) in [6, 6.07) is 13.4. The molecule has 4 aromatic rings. The average molecular weight is 496 g/mol. The maximum absolute atomic E-state index is 14.2. The highest BCUT2D eigenvalue weighted by Gasteiger charge is 2.16. The number of aromatic nitrogens is 1. The monoisotopic (exact) mass is 496 g/mol. The number of aliphatic imine (C=N–C) groups is 1. The molecule has 1 heterocycles. The molecule has 0 unspecified atom stereocenters. The maximum Gasteiger partial charge on any atom is 0.250 e. The molecule has 0 fully saturated rings. The van der Waals surface area contributed by atoms with Crippen LogP contribution in [-0.2, 0) is 13.1 Å². The van der Waals surface area contributed by atoms with E-state index in [1.165, 1.54) is 48.2 Å². The van der Waals surface area contributed by atoms with Gasteiger partial charge in [0.1, 0.15) is 34.8 Å². The van der Waals surface area contributed by atoms with Gasteiger partial charge in [-0.2, -0.15) is 0 Å². The van der Waals surface area contributed by atoms with E-state index in [2.05, 4.69) is 4.99 Å². The van der Waals surface area contributed by atoms with Gasteiger partial charge in [-0.3, -0.25) is 9.79 Å². The van der Waals surface area contributed by atoms with Crippen LogP contribution in [0.1, 0.15) is 22.3 Å². The van der Waals surface area contributed by atoms with Crippen molar-refractivity contribution in [2.24, 2.45) is 4.99 Å². The molecule has 0 aliphatic heterocycles. The first-order valence-corrected chi connectivity index (χ1v) is 10.8. The Labute approximate surface area is 203 Å². The minimum Gasteiger partial charge on any atom is -0.507 e. The fraction of sp³-hybridized carbons (Fsp3) is 0.111. The van der Waals surface area contributed by atoms with Gasteiger partial charge >= 0.3 is 0 Å². The van der Waals surface area contributed by atoms with Crippen molar-refractivity contribution in [3.8, 4) is 11.5 Å². The molecule has 9 heteroatoms. The van der Waals surface area contributed by atoms with Gasteiger partial charge in [0, 0.05) is 52.7 Å². The normalized spacial score (nSPS) is 11.5. The van der Waals surface area contributed by atoms with Crippen molar-refractivity contribution >= 4 is 5.71 Å². The molecule has 0 atom stereocenters. The van der Waals surface area contributed by atoms with Crippen LogP contribution in [-0.4, -0.2) is 22.5 Å². The number of halogens is 4. The number of hydrogen-bond acceptors (Lipinski definition) is 4. The topological polar surface area (TPSA) is 63.8 Å². The van der Waals surface area contributed by atoms with Crippen LogP contribution in [0, 0.1) is 23.3 Å². The van der Waals surface area contributed by atoms with Crippen LogP contribution < -0.4 is 10.3 Å². The zero-order valence-electron chi connectivity index (χ0n) is 19.0. The van der Waals surface area contributed by atoms with Crippen molar-refractivity contribution < 1.29 is 27.4 Å². The molecule has 4 rings (SSSR count). The summed E-state index contributed by atoms with van der Waals surface area (Å²) in [7, 11) is 1.44. The standard InChI is InChI=1S/C27H20F4N2O3/c1-36-21-7-8-22(25(34)12-21)27(32-13-16-2-5-19(28)10-23(16)30)18-4-9-26(35)33(15-18)14-17-3-6-20(29)11-24(17)31/h2-12,15,34H,13-14H2,1H3. The number of ether oxygens (including phenoxy) is 1. The van der Waals surface area contributed by atoms with Crippen LogP contribution in [0.15, 0.2) is 82.7 Å². The molecule has 1 aromatic heterocycles. The highest BCUT2D eigenvalue weighted by molar-refractivity contribution is 6.14. The van der Waals surface area contributed by atoms with Crippen molar-refractivity contribution in [3.63, 3.8) is 0 Å². The predicted octanol–water partition coefficient (Wildman–Crippen LogP) is 5.20. The molecule has 0 saturated carbocycles. The van der Waals surface area contributed by atoms with E-state index in [1.54, 1.807) is 12.1 Å². The van der Waals surface area contributed by atoms with Crippen LogP contribution >= 0.6 is 0 Å². The van der Waals surface area contributed by atoms with E-state index >= 15 is 0 Å². The smallest absolute Gasteiger partial charge is 0.250 e. The van der Waals surface area contributed by atoms with E-state index in [9.17, 15) is 27.5 Å². The maximum atomic E-state index is 14.2. The number of rotatable bonds is 7. The average Bonchev–Trinajstić information content (AvgIpc) is 2.84. The van der Waals surface area contributed by atoms with Gasteiger partial charge in [0.2, 0.25) is 0 Å². The van der Waals surface area contributed by atoms with Gasteiger partial charge in [-0.1, -0.05) is 12.1 Å². The summed E-state index contributed by atoms with van der Waals surface area (Å²) in [6.07, 6.45) is 1.41. The third kappa shape index (κ3) is 5.46. The molecule has 0 amide bonds. The number of methoxy groups -OCH3 is 1. The Hall–Kier alpha value is -4.40. The summed E-state index contributed by atoms with van der Waals surface area (Å²) in [5.74, 6) is -2.86. The molecule has 3 aromatic carbocycles. The van der Waals surface area contributed by atoms with Crippen molar-refractivity contribution in [3.05, 3.63) is 129 Å². The first kappa shape index (κ1) is 24.7. The minimum absolute atomic E-state index is 0.0924. The molecule has 0 bridgehead atoms. The van der Waals surface area contributed by atoms with Gasteiger partial charge in [-0.25, -0.2) is 17.6 Å². The predicted molar refractivity (Wildman–Crippen MR) is 127 cm³/mol. The van der Waals surface area contributed by atoms with Crippen molar-refractivity contribution in [1.29, 1.82) is 0 Å². The Balaban J connectivity index is 1.80. The van der Waals surface area contributed by atoms with E-state index in [4.69, 9.17) is 4.74 Å². The Bertz CT molecular complexity index is 1520. The largest absolute Gasteiger partial charge is 0.507 e. The van der Waals surface area contributed by atoms with E-state index in [1.807, 2.05) is 0 Å². The van der Waals surface area contributed by atoms with Crippen molar-refractivity contribution in [2.45, 2.75) is 13.1 Å².